The maximum Gasteiger partial charge on any atom is 0.328 e. The molecule has 0 bridgehead atoms. The van der Waals surface area contributed by atoms with Crippen LogP contribution >= 0.6 is 0 Å². The number of carbonyl (C=O) groups excluding carboxylic acids is 7. The minimum absolute atomic E-state index is 0.00702. The van der Waals surface area contributed by atoms with Crippen molar-refractivity contribution in [2.24, 2.45) is 35.0 Å². The van der Waals surface area contributed by atoms with Gasteiger partial charge in [0, 0.05) is 13.1 Å². The third-order valence-corrected chi connectivity index (χ3v) is 10.2. The molecule has 0 aromatic carbocycles. The summed E-state index contributed by atoms with van der Waals surface area (Å²) in [6, 6.07) is -4.56. The summed E-state index contributed by atoms with van der Waals surface area (Å²) >= 11 is 0. The molecule has 0 aromatic heterocycles. The molecular formula is C38H61N5O9. The van der Waals surface area contributed by atoms with E-state index in [1.165, 1.54) is 4.90 Å². The Morgan fingerprint density at radius 1 is 0.808 bits per heavy atom. The van der Waals surface area contributed by atoms with Crippen molar-refractivity contribution in [3.05, 3.63) is 0 Å². The summed E-state index contributed by atoms with van der Waals surface area (Å²) in [6.07, 6.45) is 6.12. The Labute approximate surface area is 308 Å². The largest absolute Gasteiger partial charge is 0.464 e. The Morgan fingerprint density at radius 2 is 1.44 bits per heavy atom. The highest BCUT2D eigenvalue weighted by atomic mass is 16.6. The second-order valence-corrected chi connectivity index (χ2v) is 17.7. The van der Waals surface area contributed by atoms with Crippen LogP contribution in [0.1, 0.15) is 113 Å². The Kier molecular flexibility index (Phi) is 13.4. The van der Waals surface area contributed by atoms with Crippen LogP contribution in [0.3, 0.4) is 0 Å². The van der Waals surface area contributed by atoms with E-state index in [2.05, 4.69) is 21.3 Å². The number of urea groups is 1. The molecular weight excluding hydrogens is 670 g/mol. The average molecular weight is 732 g/mol. The van der Waals surface area contributed by atoms with Crippen molar-refractivity contribution in [2.45, 2.75) is 143 Å². The number of amides is 5. The monoisotopic (exact) mass is 731 g/mol. The zero-order valence-electron chi connectivity index (χ0n) is 32.3. The van der Waals surface area contributed by atoms with Crippen molar-refractivity contribution in [2.75, 3.05) is 19.7 Å². The van der Waals surface area contributed by atoms with E-state index in [1.807, 2.05) is 34.6 Å². The molecule has 0 spiro atoms. The summed E-state index contributed by atoms with van der Waals surface area (Å²) in [7, 11) is 0. The minimum Gasteiger partial charge on any atom is -0.464 e. The van der Waals surface area contributed by atoms with E-state index in [-0.39, 0.29) is 49.6 Å². The Morgan fingerprint density at radius 3 is 1.98 bits per heavy atom. The molecule has 5 atom stereocenters. The lowest BCUT2D eigenvalue weighted by Crippen LogP contribution is -2.62. The number of nitrogens with zero attached hydrogens (tertiary/aromatic N) is 1. The molecule has 1 aliphatic heterocycles. The molecule has 4 N–H and O–H groups in total. The van der Waals surface area contributed by atoms with Crippen molar-refractivity contribution in [3.8, 4) is 0 Å². The fourth-order valence-electron chi connectivity index (χ4n) is 6.69. The van der Waals surface area contributed by atoms with Gasteiger partial charge >= 0.3 is 18.0 Å². The molecule has 292 valence electrons. The molecule has 4 rings (SSSR count). The topological polar surface area (TPSA) is 189 Å². The molecule has 1 heterocycles. The average Bonchev–Trinajstić information content (AvgIpc) is 3.90. The molecule has 0 radical (unpaired) electrons. The van der Waals surface area contributed by atoms with Gasteiger partial charge in [-0.2, -0.15) is 0 Å². The Bertz CT molecular complexity index is 1360. The first-order valence-electron chi connectivity index (χ1n) is 19.1. The zero-order chi connectivity index (χ0) is 38.5. The van der Waals surface area contributed by atoms with Crippen LogP contribution in [0.5, 0.6) is 0 Å². The number of ether oxygens (including phenoxy) is 2. The number of esters is 2. The minimum atomic E-state index is -1.10. The van der Waals surface area contributed by atoms with Gasteiger partial charge in [0.05, 0.1) is 19.1 Å². The van der Waals surface area contributed by atoms with Crippen LogP contribution in [-0.2, 0) is 38.2 Å². The first-order chi connectivity index (χ1) is 24.2. The lowest BCUT2D eigenvalue weighted by atomic mass is 9.84. The van der Waals surface area contributed by atoms with Crippen molar-refractivity contribution >= 4 is 41.5 Å². The molecule has 5 amide bonds. The maximum atomic E-state index is 14.4. The van der Waals surface area contributed by atoms with Crippen molar-refractivity contribution in [1.29, 1.82) is 0 Å². The van der Waals surface area contributed by atoms with Crippen molar-refractivity contribution in [3.63, 3.8) is 0 Å². The molecule has 4 fully saturated rings. The molecule has 0 aromatic rings. The number of nitrogens with one attached hydrogen (secondary N) is 4. The van der Waals surface area contributed by atoms with E-state index in [9.17, 15) is 33.6 Å². The quantitative estimate of drug-likeness (QED) is 0.129. The van der Waals surface area contributed by atoms with Gasteiger partial charge in [0.15, 0.2) is 0 Å². The number of rotatable bonds is 17. The zero-order valence-corrected chi connectivity index (χ0v) is 32.3. The van der Waals surface area contributed by atoms with Crippen molar-refractivity contribution in [1.82, 2.24) is 26.2 Å². The van der Waals surface area contributed by atoms with E-state index in [1.54, 1.807) is 20.8 Å². The van der Waals surface area contributed by atoms with Crippen LogP contribution in [-0.4, -0.2) is 95.8 Å². The second kappa shape index (κ2) is 17.0. The van der Waals surface area contributed by atoms with E-state index < -0.39 is 76.7 Å². The van der Waals surface area contributed by atoms with Crippen molar-refractivity contribution < 1.29 is 43.0 Å². The van der Waals surface area contributed by atoms with Gasteiger partial charge in [-0.1, -0.05) is 47.5 Å². The molecule has 1 unspecified atom stereocenters. The molecule has 1 saturated heterocycles. The van der Waals surface area contributed by atoms with E-state index in [4.69, 9.17) is 9.47 Å². The van der Waals surface area contributed by atoms with Gasteiger partial charge in [0.2, 0.25) is 17.6 Å². The van der Waals surface area contributed by atoms with E-state index >= 15 is 0 Å². The van der Waals surface area contributed by atoms with Gasteiger partial charge in [0.1, 0.15) is 23.7 Å². The van der Waals surface area contributed by atoms with Gasteiger partial charge in [-0.15, -0.1) is 0 Å². The summed E-state index contributed by atoms with van der Waals surface area (Å²) in [5.41, 5.74) is -1.45. The number of carbonyl (C=O) groups is 7. The fourth-order valence-corrected chi connectivity index (χ4v) is 6.69. The normalized spacial score (nSPS) is 22.1. The van der Waals surface area contributed by atoms with Gasteiger partial charge in [-0.25, -0.2) is 9.59 Å². The highest BCUT2D eigenvalue weighted by molar-refractivity contribution is 6.38. The smallest absolute Gasteiger partial charge is 0.328 e. The molecule has 3 saturated carbocycles. The third-order valence-electron chi connectivity index (χ3n) is 10.2. The van der Waals surface area contributed by atoms with Crippen LogP contribution < -0.4 is 21.3 Å². The standard InChI is InChI=1S/C38H61N5O9/c1-21(2)25-16-18-43(34(48)31(37(3,4)5)42-36(50)41-28(24-13-14-24)35(49)51-20-23-11-12-23)29(25)32(46)40-26(19-22-9-10-22)30(45)33(47)39-17-15-27(44)52-38(6,7)8/h21-26,28-29,31H,9-20H2,1-8H3,(H,39,47)(H,40,46)(H2,41,42,50)/t25-,26?,28+,29+,31-/m1/s1. The van der Waals surface area contributed by atoms with Crippen LogP contribution in [0.4, 0.5) is 4.79 Å². The number of hydrogen-bond donors (Lipinski definition) is 4. The molecule has 14 heteroatoms. The van der Waals surface area contributed by atoms with Gasteiger partial charge in [-0.3, -0.25) is 24.0 Å². The summed E-state index contributed by atoms with van der Waals surface area (Å²) in [4.78, 5) is 94.7. The first-order valence-corrected chi connectivity index (χ1v) is 19.1. The third kappa shape index (κ3) is 12.2. The number of likely N-dealkylation sites (tertiary alicyclic amines) is 1. The molecule has 52 heavy (non-hydrogen) atoms. The molecule has 4 aliphatic rings. The Balaban J connectivity index is 1.44. The number of ketones is 1. The lowest BCUT2D eigenvalue weighted by molar-refractivity contribution is -0.155. The van der Waals surface area contributed by atoms with Crippen LogP contribution in [0.15, 0.2) is 0 Å². The SMILES string of the molecule is CC(C)[C@H]1CCN(C(=O)[C@@H](NC(=O)N[C@H](C(=O)OCC2CC2)C2CC2)C(C)(C)C)[C@@H]1C(=O)NC(CC1CC1)C(=O)C(=O)NCCC(=O)OC(C)(C)C. The van der Waals surface area contributed by atoms with E-state index in [0.717, 1.165) is 38.5 Å². The van der Waals surface area contributed by atoms with Gasteiger partial charge < -0.3 is 35.6 Å². The van der Waals surface area contributed by atoms with Gasteiger partial charge in [0.25, 0.3) is 5.91 Å². The predicted molar refractivity (Wildman–Crippen MR) is 191 cm³/mol. The van der Waals surface area contributed by atoms with Crippen LogP contribution in [0.2, 0.25) is 0 Å². The summed E-state index contributed by atoms with van der Waals surface area (Å²) < 4.78 is 10.7. The van der Waals surface area contributed by atoms with E-state index in [0.29, 0.717) is 18.9 Å². The Hall–Kier alpha value is -3.71. The second-order valence-electron chi connectivity index (χ2n) is 17.7. The highest BCUT2D eigenvalue weighted by Gasteiger charge is 2.48. The number of hydrogen-bond acceptors (Lipinski definition) is 9. The molecule has 3 aliphatic carbocycles. The summed E-state index contributed by atoms with van der Waals surface area (Å²) in [6.45, 7) is 15.1. The maximum absolute atomic E-state index is 14.4. The lowest BCUT2D eigenvalue weighted by Gasteiger charge is -2.37. The fraction of sp³-hybridized carbons (Fsp3) is 0.816. The predicted octanol–water partition coefficient (Wildman–Crippen LogP) is 3.01. The molecule has 14 nitrogen and oxygen atoms in total. The summed E-state index contributed by atoms with van der Waals surface area (Å²) in [5, 5.41) is 10.9. The summed E-state index contributed by atoms with van der Waals surface area (Å²) in [5.74, 6) is -3.35. The van der Waals surface area contributed by atoms with Crippen LogP contribution in [0.25, 0.3) is 0 Å². The number of Topliss-reactive ketones (excluding diaryl/α,β-unsaturated/α-hetero) is 1. The van der Waals surface area contributed by atoms with Crippen LogP contribution in [0, 0.1) is 35.0 Å². The van der Waals surface area contributed by atoms with Gasteiger partial charge in [-0.05, 0) is 94.3 Å². The highest BCUT2D eigenvalue weighted by Crippen LogP contribution is 2.37. The first kappa shape index (κ1) is 41.1.